The predicted molar refractivity (Wildman–Crippen MR) is 127 cm³/mol. The maximum absolute atomic E-state index is 13.3. The molecule has 0 radical (unpaired) electrons. The maximum atomic E-state index is 13.3. The van der Waals surface area contributed by atoms with Crippen LogP contribution in [0.25, 0.3) is 5.69 Å². The fraction of sp³-hybridized carbons (Fsp3) is 0.360. The Labute approximate surface area is 192 Å². The van der Waals surface area contributed by atoms with E-state index in [2.05, 4.69) is 15.3 Å². The molecular formula is C25H29N5O3. The number of hydrogen-bond acceptors (Lipinski definition) is 5. The zero-order chi connectivity index (χ0) is 23.4. The topological polar surface area (TPSA) is 89.2 Å². The van der Waals surface area contributed by atoms with Gasteiger partial charge in [0.05, 0.1) is 12.2 Å². The molecule has 1 aliphatic rings. The molecule has 8 heteroatoms. The molecule has 1 N–H and O–H groups in total. The Balaban J connectivity index is 1.72. The van der Waals surface area contributed by atoms with E-state index in [1.807, 2.05) is 56.3 Å². The minimum Gasteiger partial charge on any atom is -0.349 e. The van der Waals surface area contributed by atoms with E-state index in [4.69, 9.17) is 0 Å². The van der Waals surface area contributed by atoms with E-state index in [9.17, 15) is 14.4 Å². The summed E-state index contributed by atoms with van der Waals surface area (Å²) < 4.78 is 2.22. The molecule has 0 saturated carbocycles. The van der Waals surface area contributed by atoms with E-state index in [1.54, 1.807) is 6.07 Å². The van der Waals surface area contributed by atoms with Crippen LogP contribution >= 0.6 is 0 Å². The van der Waals surface area contributed by atoms with E-state index in [0.717, 1.165) is 45.6 Å². The van der Waals surface area contributed by atoms with Crippen LogP contribution in [-0.4, -0.2) is 51.3 Å². The Hall–Kier alpha value is -3.52. The van der Waals surface area contributed by atoms with Crippen molar-refractivity contribution in [3.8, 4) is 5.69 Å². The van der Waals surface area contributed by atoms with Gasteiger partial charge in [0.2, 0.25) is 5.69 Å². The van der Waals surface area contributed by atoms with Crippen molar-refractivity contribution in [1.29, 1.82) is 0 Å². The molecule has 0 atom stereocenters. The molecule has 1 fully saturated rings. The molecule has 4 rings (SSSR count). The lowest BCUT2D eigenvalue weighted by atomic mass is 10.1. The summed E-state index contributed by atoms with van der Waals surface area (Å²) >= 11 is 0. The Morgan fingerprint density at radius 3 is 2.42 bits per heavy atom. The fourth-order valence-electron chi connectivity index (χ4n) is 4.01. The fourth-order valence-corrected chi connectivity index (χ4v) is 4.01. The molecule has 3 aromatic rings. The van der Waals surface area contributed by atoms with Crippen molar-refractivity contribution in [2.75, 3.05) is 26.2 Å². The molecule has 1 aromatic heterocycles. The second-order valence-electron chi connectivity index (χ2n) is 8.49. The highest BCUT2D eigenvalue weighted by molar-refractivity contribution is 5.91. The van der Waals surface area contributed by atoms with Gasteiger partial charge >= 0.3 is 5.69 Å². The van der Waals surface area contributed by atoms with Crippen molar-refractivity contribution in [2.24, 2.45) is 0 Å². The van der Waals surface area contributed by atoms with Gasteiger partial charge in [0.25, 0.3) is 11.5 Å². The van der Waals surface area contributed by atoms with Gasteiger partial charge in [-0.15, -0.1) is 0 Å². The number of amides is 1. The molecule has 0 unspecified atom stereocenters. The number of hydrogen-bond donors (Lipinski definition) is 1. The Morgan fingerprint density at radius 2 is 1.73 bits per heavy atom. The van der Waals surface area contributed by atoms with Crippen molar-refractivity contribution < 1.29 is 4.79 Å². The lowest BCUT2D eigenvalue weighted by Crippen LogP contribution is -2.46. The van der Waals surface area contributed by atoms with Crippen LogP contribution in [0, 0.1) is 13.8 Å². The van der Waals surface area contributed by atoms with Gasteiger partial charge in [0, 0.05) is 13.1 Å². The van der Waals surface area contributed by atoms with E-state index >= 15 is 0 Å². The second kappa shape index (κ2) is 9.95. The van der Waals surface area contributed by atoms with Crippen molar-refractivity contribution in [3.63, 3.8) is 0 Å². The molecule has 33 heavy (non-hydrogen) atoms. The van der Waals surface area contributed by atoms with E-state index < -0.39 is 17.2 Å². The normalized spacial score (nSPS) is 13.9. The van der Waals surface area contributed by atoms with Crippen LogP contribution in [0.1, 0.15) is 40.0 Å². The van der Waals surface area contributed by atoms with Crippen LogP contribution in [0.4, 0.5) is 0 Å². The number of nitrogens with zero attached hydrogens (tertiary/aromatic N) is 4. The molecule has 0 spiro atoms. The van der Waals surface area contributed by atoms with Gasteiger partial charge in [0.15, 0.2) is 0 Å². The zero-order valence-corrected chi connectivity index (χ0v) is 19.1. The SMILES string of the molecule is Cc1ccc(-n2nc(C(=O)NCCN3CCCC3)c(=O)n(Cc3ccccc3)c2=O)cc1C. The predicted octanol–water partition coefficient (Wildman–Crippen LogP) is 1.88. The first-order chi connectivity index (χ1) is 15.9. The van der Waals surface area contributed by atoms with Crippen LogP contribution in [0.2, 0.25) is 0 Å². The number of nitrogens with one attached hydrogen (secondary N) is 1. The first-order valence-corrected chi connectivity index (χ1v) is 11.3. The summed E-state index contributed by atoms with van der Waals surface area (Å²) in [5.74, 6) is -0.571. The van der Waals surface area contributed by atoms with Crippen molar-refractivity contribution in [3.05, 3.63) is 91.8 Å². The molecular weight excluding hydrogens is 418 g/mol. The van der Waals surface area contributed by atoms with Gasteiger partial charge < -0.3 is 10.2 Å². The van der Waals surface area contributed by atoms with Gasteiger partial charge in [-0.25, -0.2) is 4.79 Å². The summed E-state index contributed by atoms with van der Waals surface area (Å²) in [6, 6.07) is 14.7. The summed E-state index contributed by atoms with van der Waals surface area (Å²) in [6.07, 6.45) is 2.33. The smallest absolute Gasteiger partial charge is 0.349 e. The highest BCUT2D eigenvalue weighted by atomic mass is 16.2. The third-order valence-electron chi connectivity index (χ3n) is 6.11. The average molecular weight is 448 g/mol. The van der Waals surface area contributed by atoms with Crippen LogP contribution in [-0.2, 0) is 6.54 Å². The lowest BCUT2D eigenvalue weighted by molar-refractivity contribution is 0.0940. The van der Waals surface area contributed by atoms with Gasteiger partial charge in [0.1, 0.15) is 0 Å². The highest BCUT2D eigenvalue weighted by Gasteiger charge is 2.21. The van der Waals surface area contributed by atoms with E-state index in [0.29, 0.717) is 12.2 Å². The van der Waals surface area contributed by atoms with Gasteiger partial charge in [-0.3, -0.25) is 14.2 Å². The summed E-state index contributed by atoms with van der Waals surface area (Å²) in [7, 11) is 0. The first-order valence-electron chi connectivity index (χ1n) is 11.3. The molecule has 1 amide bonds. The third-order valence-corrected chi connectivity index (χ3v) is 6.11. The lowest BCUT2D eigenvalue weighted by Gasteiger charge is -2.15. The molecule has 2 aromatic carbocycles. The number of benzene rings is 2. The summed E-state index contributed by atoms with van der Waals surface area (Å²) in [6.45, 7) is 7.16. The molecule has 8 nitrogen and oxygen atoms in total. The Kier molecular flexibility index (Phi) is 6.84. The molecule has 172 valence electrons. The minimum absolute atomic E-state index is 0.0555. The average Bonchev–Trinajstić information content (AvgIpc) is 3.33. The molecule has 1 aliphatic heterocycles. The largest absolute Gasteiger partial charge is 0.352 e. The Bertz CT molecular complexity index is 1260. The number of carbonyl (C=O) groups excluding carboxylic acids is 1. The van der Waals surface area contributed by atoms with Crippen LogP contribution in [0.5, 0.6) is 0 Å². The number of aryl methyl sites for hydroxylation is 2. The quantitative estimate of drug-likeness (QED) is 0.598. The number of likely N-dealkylation sites (tertiary alicyclic amines) is 1. The molecule has 0 bridgehead atoms. The van der Waals surface area contributed by atoms with Gasteiger partial charge in [-0.1, -0.05) is 36.4 Å². The van der Waals surface area contributed by atoms with Crippen molar-refractivity contribution in [2.45, 2.75) is 33.2 Å². The first kappa shape index (κ1) is 22.7. The zero-order valence-electron chi connectivity index (χ0n) is 19.1. The van der Waals surface area contributed by atoms with Crippen LogP contribution < -0.4 is 16.6 Å². The maximum Gasteiger partial charge on any atom is 0.352 e. The van der Waals surface area contributed by atoms with Crippen molar-refractivity contribution in [1.82, 2.24) is 24.6 Å². The number of rotatable bonds is 7. The summed E-state index contributed by atoms with van der Waals surface area (Å²) in [5, 5.41) is 7.02. The standard InChI is InChI=1S/C25H29N5O3/c1-18-10-11-21(16-19(18)2)30-25(33)29(17-20-8-4-3-5-9-20)24(32)22(27-30)23(31)26-12-15-28-13-6-7-14-28/h3-5,8-11,16H,6-7,12-15,17H2,1-2H3,(H,26,31). The highest BCUT2D eigenvalue weighted by Crippen LogP contribution is 2.12. The van der Waals surface area contributed by atoms with Crippen LogP contribution in [0.3, 0.4) is 0 Å². The monoisotopic (exact) mass is 447 g/mol. The Morgan fingerprint density at radius 1 is 1.00 bits per heavy atom. The number of carbonyl (C=O) groups is 1. The van der Waals surface area contributed by atoms with E-state index in [1.165, 1.54) is 12.8 Å². The number of aromatic nitrogens is 3. The summed E-state index contributed by atoms with van der Waals surface area (Å²) in [5.41, 5.74) is 1.79. The minimum atomic E-state index is -0.692. The third kappa shape index (κ3) is 5.12. The van der Waals surface area contributed by atoms with Crippen molar-refractivity contribution >= 4 is 5.91 Å². The second-order valence-corrected chi connectivity index (χ2v) is 8.49. The summed E-state index contributed by atoms with van der Waals surface area (Å²) in [4.78, 5) is 41.7. The van der Waals surface area contributed by atoms with Gasteiger partial charge in [-0.2, -0.15) is 9.78 Å². The van der Waals surface area contributed by atoms with Gasteiger partial charge in [-0.05, 0) is 68.6 Å². The van der Waals surface area contributed by atoms with E-state index in [-0.39, 0.29) is 12.2 Å². The molecule has 1 saturated heterocycles. The van der Waals surface area contributed by atoms with Crippen LogP contribution in [0.15, 0.2) is 58.1 Å². The molecule has 0 aliphatic carbocycles. The molecule has 2 heterocycles.